The van der Waals surface area contributed by atoms with Gasteiger partial charge in [0.15, 0.2) is 0 Å². The van der Waals surface area contributed by atoms with Crippen LogP contribution in [0.3, 0.4) is 0 Å². The summed E-state index contributed by atoms with van der Waals surface area (Å²) < 4.78 is 37.2. The van der Waals surface area contributed by atoms with E-state index in [1.807, 2.05) is 25.1 Å². The molecule has 0 unspecified atom stereocenters. The molecule has 0 bridgehead atoms. The number of alkyl halides is 2. The lowest BCUT2D eigenvalue weighted by atomic mass is 10.0. The number of aryl methyl sites for hydroxylation is 2. The van der Waals surface area contributed by atoms with E-state index in [4.69, 9.17) is 21.7 Å². The summed E-state index contributed by atoms with van der Waals surface area (Å²) in [7, 11) is 1.48. The van der Waals surface area contributed by atoms with Crippen LogP contribution in [0.15, 0.2) is 36.4 Å². The van der Waals surface area contributed by atoms with Crippen molar-refractivity contribution in [1.29, 1.82) is 0 Å². The maximum absolute atomic E-state index is 13.2. The molecule has 0 aliphatic rings. The summed E-state index contributed by atoms with van der Waals surface area (Å²) in [6.07, 6.45) is -1.81. The van der Waals surface area contributed by atoms with Crippen molar-refractivity contribution < 1.29 is 18.3 Å². The van der Waals surface area contributed by atoms with E-state index in [1.165, 1.54) is 13.2 Å². The van der Waals surface area contributed by atoms with Crippen molar-refractivity contribution in [2.75, 3.05) is 12.4 Å². The number of hydrogen-bond donors (Lipinski definition) is 1. The van der Waals surface area contributed by atoms with Crippen LogP contribution in [0.4, 0.5) is 14.5 Å². The van der Waals surface area contributed by atoms with Crippen LogP contribution >= 0.6 is 12.2 Å². The van der Waals surface area contributed by atoms with Crippen LogP contribution in [-0.4, -0.2) is 12.3 Å². The molecule has 2 rings (SSSR count). The quantitative estimate of drug-likeness (QED) is 0.693. The Kier molecular flexibility index (Phi) is 6.70. The SMILES string of the molecule is CCc1cccc(NC(=S)OC)c1COc1ccc(C)cc1C(F)F. The van der Waals surface area contributed by atoms with Gasteiger partial charge in [-0.3, -0.25) is 0 Å². The average Bonchev–Trinajstić information content (AvgIpc) is 2.60. The Morgan fingerprint density at radius 2 is 2.00 bits per heavy atom. The molecule has 2 aromatic rings. The molecule has 3 nitrogen and oxygen atoms in total. The predicted octanol–water partition coefficient (Wildman–Crippen LogP) is 5.42. The first-order valence-corrected chi connectivity index (χ1v) is 8.34. The number of methoxy groups -OCH3 is 1. The van der Waals surface area contributed by atoms with Gasteiger partial charge in [0.25, 0.3) is 11.6 Å². The van der Waals surface area contributed by atoms with Gasteiger partial charge in [0, 0.05) is 11.3 Å². The van der Waals surface area contributed by atoms with Gasteiger partial charge in [0.05, 0.1) is 12.7 Å². The maximum atomic E-state index is 13.2. The third-order valence-corrected chi connectivity index (χ3v) is 4.12. The maximum Gasteiger partial charge on any atom is 0.267 e. The first-order chi connectivity index (χ1) is 12.0. The zero-order valence-corrected chi connectivity index (χ0v) is 15.3. The molecular formula is C19H21F2NO2S. The van der Waals surface area contributed by atoms with Gasteiger partial charge in [0.1, 0.15) is 12.4 Å². The molecule has 0 aliphatic carbocycles. The summed E-state index contributed by atoms with van der Waals surface area (Å²) >= 11 is 5.05. The Hall–Kier alpha value is -2.21. The van der Waals surface area contributed by atoms with Crippen LogP contribution in [0.2, 0.25) is 0 Å². The summed E-state index contributed by atoms with van der Waals surface area (Å²) in [4.78, 5) is 0. The smallest absolute Gasteiger partial charge is 0.267 e. The van der Waals surface area contributed by atoms with E-state index in [-0.39, 0.29) is 23.1 Å². The highest BCUT2D eigenvalue weighted by atomic mass is 32.1. The second kappa shape index (κ2) is 8.76. The number of benzene rings is 2. The Labute approximate surface area is 152 Å². The van der Waals surface area contributed by atoms with Crippen molar-refractivity contribution in [3.8, 4) is 5.75 Å². The Morgan fingerprint density at radius 3 is 2.64 bits per heavy atom. The first kappa shape index (κ1) is 19.1. The number of ether oxygens (including phenoxy) is 2. The molecule has 0 atom stereocenters. The molecule has 0 fully saturated rings. The van der Waals surface area contributed by atoms with Crippen LogP contribution in [-0.2, 0) is 17.8 Å². The van der Waals surface area contributed by atoms with E-state index in [0.717, 1.165) is 28.8 Å². The lowest BCUT2D eigenvalue weighted by Gasteiger charge is -2.17. The zero-order chi connectivity index (χ0) is 18.4. The van der Waals surface area contributed by atoms with Crippen molar-refractivity contribution >= 4 is 23.1 Å². The minimum Gasteiger partial charge on any atom is -0.488 e. The molecule has 0 saturated heterocycles. The standard InChI is InChI=1S/C19H21F2NO2S/c1-4-13-6-5-7-16(22-19(25)23-3)15(13)11-24-17-9-8-12(2)10-14(17)18(20)21/h5-10,18H,4,11H2,1-3H3,(H,22,25). The van der Waals surface area contributed by atoms with Gasteiger partial charge in [-0.05, 0) is 49.3 Å². The minimum atomic E-state index is -2.59. The van der Waals surface area contributed by atoms with Gasteiger partial charge in [0.2, 0.25) is 0 Å². The molecule has 0 aromatic heterocycles. The van der Waals surface area contributed by atoms with Crippen molar-refractivity contribution in [2.24, 2.45) is 0 Å². The summed E-state index contributed by atoms with van der Waals surface area (Å²) in [5, 5.41) is 3.23. The highest BCUT2D eigenvalue weighted by Gasteiger charge is 2.16. The Bertz CT molecular complexity index is 750. The number of nitrogens with one attached hydrogen (secondary N) is 1. The molecule has 6 heteroatoms. The van der Waals surface area contributed by atoms with E-state index in [2.05, 4.69) is 5.32 Å². The lowest BCUT2D eigenvalue weighted by molar-refractivity contribution is 0.144. The van der Waals surface area contributed by atoms with E-state index in [9.17, 15) is 8.78 Å². The molecule has 0 aliphatic heterocycles. The molecule has 0 spiro atoms. The fourth-order valence-corrected chi connectivity index (χ4v) is 2.64. The van der Waals surface area contributed by atoms with Gasteiger partial charge >= 0.3 is 0 Å². The van der Waals surface area contributed by atoms with Crippen molar-refractivity contribution in [3.05, 3.63) is 58.7 Å². The Morgan fingerprint density at radius 1 is 1.24 bits per heavy atom. The number of rotatable bonds is 6. The van der Waals surface area contributed by atoms with Gasteiger partial charge in [-0.1, -0.05) is 30.7 Å². The molecule has 0 amide bonds. The summed E-state index contributed by atoms with van der Waals surface area (Å²) in [6, 6.07) is 10.5. The van der Waals surface area contributed by atoms with E-state index >= 15 is 0 Å². The molecule has 2 aromatic carbocycles. The number of halogens is 2. The number of thiocarbonyl (C=S) groups is 1. The largest absolute Gasteiger partial charge is 0.488 e. The lowest BCUT2D eigenvalue weighted by Crippen LogP contribution is -2.14. The average molecular weight is 365 g/mol. The van der Waals surface area contributed by atoms with E-state index < -0.39 is 6.43 Å². The second-order valence-electron chi connectivity index (χ2n) is 5.54. The molecule has 25 heavy (non-hydrogen) atoms. The highest BCUT2D eigenvalue weighted by Crippen LogP contribution is 2.31. The normalized spacial score (nSPS) is 10.6. The topological polar surface area (TPSA) is 30.5 Å². The van der Waals surface area contributed by atoms with Gasteiger partial charge in [-0.25, -0.2) is 8.78 Å². The summed E-state index contributed by atoms with van der Waals surface area (Å²) in [5.41, 5.74) is 3.33. The molecule has 0 saturated carbocycles. The van der Waals surface area contributed by atoms with Crippen molar-refractivity contribution in [3.63, 3.8) is 0 Å². The van der Waals surface area contributed by atoms with Crippen LogP contribution < -0.4 is 10.1 Å². The third kappa shape index (κ3) is 4.89. The zero-order valence-electron chi connectivity index (χ0n) is 14.4. The van der Waals surface area contributed by atoms with Crippen LogP contribution in [0, 0.1) is 6.92 Å². The summed E-state index contributed by atoms with van der Waals surface area (Å²) in [6.45, 7) is 3.95. The molecule has 0 radical (unpaired) electrons. The number of anilines is 1. The first-order valence-electron chi connectivity index (χ1n) is 7.93. The fourth-order valence-electron chi connectivity index (χ4n) is 2.53. The van der Waals surface area contributed by atoms with Gasteiger partial charge in [-0.2, -0.15) is 0 Å². The molecule has 134 valence electrons. The molecular weight excluding hydrogens is 344 g/mol. The fraction of sp³-hybridized carbons (Fsp3) is 0.316. The Balaban J connectivity index is 2.30. The van der Waals surface area contributed by atoms with Gasteiger partial charge < -0.3 is 14.8 Å². The van der Waals surface area contributed by atoms with E-state index in [0.29, 0.717) is 0 Å². The molecule has 1 N–H and O–H groups in total. The highest BCUT2D eigenvalue weighted by molar-refractivity contribution is 7.80. The van der Waals surface area contributed by atoms with Crippen molar-refractivity contribution in [2.45, 2.75) is 33.3 Å². The molecule has 0 heterocycles. The monoisotopic (exact) mass is 365 g/mol. The number of hydrogen-bond acceptors (Lipinski definition) is 3. The van der Waals surface area contributed by atoms with Crippen LogP contribution in [0.25, 0.3) is 0 Å². The van der Waals surface area contributed by atoms with Crippen LogP contribution in [0.5, 0.6) is 5.75 Å². The van der Waals surface area contributed by atoms with Crippen molar-refractivity contribution in [1.82, 2.24) is 0 Å². The van der Waals surface area contributed by atoms with E-state index in [1.54, 1.807) is 19.1 Å². The van der Waals surface area contributed by atoms with Gasteiger partial charge in [-0.15, -0.1) is 0 Å². The third-order valence-electron chi connectivity index (χ3n) is 3.85. The van der Waals surface area contributed by atoms with Crippen LogP contribution in [0.1, 0.15) is 35.6 Å². The minimum absolute atomic E-state index is 0.101. The second-order valence-corrected chi connectivity index (χ2v) is 5.91. The predicted molar refractivity (Wildman–Crippen MR) is 99.5 cm³/mol. The summed E-state index contributed by atoms with van der Waals surface area (Å²) in [5.74, 6) is 0.187.